The molecule has 0 radical (unpaired) electrons. The van der Waals surface area contributed by atoms with Crippen molar-refractivity contribution in [2.75, 3.05) is 6.61 Å². The highest BCUT2D eigenvalue weighted by Gasteiger charge is 2.10. The minimum absolute atomic E-state index is 0.271. The summed E-state index contributed by atoms with van der Waals surface area (Å²) in [5.74, 6) is -0.0558. The van der Waals surface area contributed by atoms with Gasteiger partial charge in [-0.2, -0.15) is 0 Å². The van der Waals surface area contributed by atoms with Crippen molar-refractivity contribution in [3.8, 4) is 5.75 Å². The van der Waals surface area contributed by atoms with Crippen LogP contribution in [0.3, 0.4) is 0 Å². The number of ether oxygens (including phenoxy) is 1. The van der Waals surface area contributed by atoms with E-state index in [0.717, 1.165) is 5.57 Å². The molecule has 0 saturated heterocycles. The molecule has 0 aliphatic carbocycles. The van der Waals surface area contributed by atoms with Crippen LogP contribution in [0, 0.1) is 5.82 Å². The van der Waals surface area contributed by atoms with Gasteiger partial charge in [-0.1, -0.05) is 11.6 Å². The molecule has 0 aromatic heterocycles. The van der Waals surface area contributed by atoms with Crippen molar-refractivity contribution < 1.29 is 14.2 Å². The van der Waals surface area contributed by atoms with Gasteiger partial charge in [0, 0.05) is 17.2 Å². The van der Waals surface area contributed by atoms with Gasteiger partial charge in [-0.15, -0.1) is 0 Å². The smallest absolute Gasteiger partial charge is 0.128 e. The molecule has 0 fully saturated rings. The van der Waals surface area contributed by atoms with Crippen molar-refractivity contribution in [2.45, 2.75) is 20.0 Å². The normalized spacial score (nSPS) is 13.7. The number of benzene rings is 1. The Balaban J connectivity index is 2.88. The van der Waals surface area contributed by atoms with Gasteiger partial charge >= 0.3 is 0 Å². The molecule has 1 rings (SSSR count). The molecule has 16 heavy (non-hydrogen) atoms. The zero-order chi connectivity index (χ0) is 12.1. The minimum Gasteiger partial charge on any atom is -0.489 e. The summed E-state index contributed by atoms with van der Waals surface area (Å²) < 4.78 is 18.4. The van der Waals surface area contributed by atoms with E-state index in [4.69, 9.17) is 16.3 Å². The van der Waals surface area contributed by atoms with E-state index >= 15 is 0 Å². The van der Waals surface area contributed by atoms with E-state index in [2.05, 4.69) is 0 Å². The highest BCUT2D eigenvalue weighted by Crippen LogP contribution is 2.26. The van der Waals surface area contributed by atoms with Crippen LogP contribution < -0.4 is 4.74 Å². The van der Waals surface area contributed by atoms with Crippen LogP contribution >= 0.6 is 11.6 Å². The van der Waals surface area contributed by atoms with E-state index in [1.807, 2.05) is 0 Å². The van der Waals surface area contributed by atoms with E-state index in [1.54, 1.807) is 13.8 Å². The number of aliphatic hydroxyl groups is 1. The molecule has 0 aliphatic heterocycles. The standard InChI is InChI=1S/C12H14ClFO2/c1-8(6-13)7-16-12-5-10(14)3-4-11(12)9(2)15/h3-6,9,15H,7H2,1-2H3/b8-6+. The van der Waals surface area contributed by atoms with Gasteiger partial charge < -0.3 is 9.84 Å². The van der Waals surface area contributed by atoms with Crippen LogP contribution in [0.4, 0.5) is 4.39 Å². The number of rotatable bonds is 4. The zero-order valence-corrected chi connectivity index (χ0v) is 9.96. The van der Waals surface area contributed by atoms with Crippen LogP contribution in [0.25, 0.3) is 0 Å². The van der Waals surface area contributed by atoms with Crippen LogP contribution in [0.2, 0.25) is 0 Å². The van der Waals surface area contributed by atoms with Crippen LogP contribution in [0.5, 0.6) is 5.75 Å². The van der Waals surface area contributed by atoms with Gasteiger partial charge in [0.25, 0.3) is 0 Å². The van der Waals surface area contributed by atoms with Crippen LogP contribution in [0.1, 0.15) is 25.5 Å². The van der Waals surface area contributed by atoms with Crippen molar-refractivity contribution in [3.05, 3.63) is 40.7 Å². The Morgan fingerprint density at radius 1 is 1.62 bits per heavy atom. The number of aliphatic hydroxyl groups excluding tert-OH is 1. The summed E-state index contributed by atoms with van der Waals surface area (Å²) >= 11 is 5.49. The lowest BCUT2D eigenvalue weighted by Gasteiger charge is -2.13. The molecule has 0 spiro atoms. The van der Waals surface area contributed by atoms with Crippen LogP contribution in [0.15, 0.2) is 29.3 Å². The largest absolute Gasteiger partial charge is 0.489 e. The van der Waals surface area contributed by atoms with E-state index in [-0.39, 0.29) is 6.61 Å². The average molecular weight is 245 g/mol. The first-order valence-corrected chi connectivity index (χ1v) is 5.34. The molecule has 1 atom stereocenters. The van der Waals surface area contributed by atoms with Gasteiger partial charge in [-0.05, 0) is 31.6 Å². The highest BCUT2D eigenvalue weighted by molar-refractivity contribution is 6.25. The van der Waals surface area contributed by atoms with Crippen LogP contribution in [-0.2, 0) is 0 Å². The quantitative estimate of drug-likeness (QED) is 0.880. The van der Waals surface area contributed by atoms with Gasteiger partial charge in [0.1, 0.15) is 18.2 Å². The zero-order valence-electron chi connectivity index (χ0n) is 9.21. The van der Waals surface area contributed by atoms with Gasteiger partial charge in [-0.25, -0.2) is 4.39 Å². The fraction of sp³-hybridized carbons (Fsp3) is 0.333. The first-order valence-electron chi connectivity index (χ1n) is 4.90. The van der Waals surface area contributed by atoms with Gasteiger partial charge in [0.2, 0.25) is 0 Å². The van der Waals surface area contributed by atoms with E-state index < -0.39 is 11.9 Å². The van der Waals surface area contributed by atoms with Crippen molar-refractivity contribution in [1.29, 1.82) is 0 Å². The third-order valence-electron chi connectivity index (χ3n) is 2.07. The second-order valence-electron chi connectivity index (χ2n) is 3.60. The highest BCUT2D eigenvalue weighted by atomic mass is 35.5. The van der Waals surface area contributed by atoms with Crippen molar-refractivity contribution >= 4 is 11.6 Å². The first-order chi connectivity index (χ1) is 7.54. The SMILES string of the molecule is C/C(=C\Cl)COc1cc(F)ccc1C(C)O. The number of hydrogen-bond acceptors (Lipinski definition) is 2. The molecule has 0 aliphatic rings. The summed E-state index contributed by atoms with van der Waals surface area (Å²) in [5, 5.41) is 9.47. The number of hydrogen-bond donors (Lipinski definition) is 1. The van der Waals surface area contributed by atoms with E-state index in [0.29, 0.717) is 11.3 Å². The monoisotopic (exact) mass is 244 g/mol. The fourth-order valence-corrected chi connectivity index (χ4v) is 1.26. The maximum atomic E-state index is 13.0. The Hall–Kier alpha value is -1.06. The third kappa shape index (κ3) is 3.51. The Labute approximate surface area is 99.3 Å². The molecular weight excluding hydrogens is 231 g/mol. The summed E-state index contributed by atoms with van der Waals surface area (Å²) in [6.45, 7) is 3.67. The van der Waals surface area contributed by atoms with Gasteiger partial charge in [0.15, 0.2) is 0 Å². The summed E-state index contributed by atoms with van der Waals surface area (Å²) in [6.07, 6.45) is -0.698. The Kier molecular flexibility index (Phi) is 4.77. The molecule has 0 heterocycles. The lowest BCUT2D eigenvalue weighted by molar-refractivity contribution is 0.192. The van der Waals surface area contributed by atoms with Crippen molar-refractivity contribution in [3.63, 3.8) is 0 Å². The molecule has 1 N–H and O–H groups in total. The van der Waals surface area contributed by atoms with Crippen molar-refractivity contribution in [1.82, 2.24) is 0 Å². The minimum atomic E-state index is -0.698. The predicted molar refractivity (Wildman–Crippen MR) is 62.1 cm³/mol. The van der Waals surface area contributed by atoms with Crippen LogP contribution in [-0.4, -0.2) is 11.7 Å². The molecule has 2 nitrogen and oxygen atoms in total. The Bertz CT molecular complexity index is 389. The maximum Gasteiger partial charge on any atom is 0.128 e. The Morgan fingerprint density at radius 3 is 2.88 bits per heavy atom. The second-order valence-corrected chi connectivity index (χ2v) is 3.82. The lowest BCUT2D eigenvalue weighted by atomic mass is 10.1. The topological polar surface area (TPSA) is 29.5 Å². The summed E-state index contributed by atoms with van der Waals surface area (Å²) in [5.41, 5.74) is 2.78. The molecule has 1 aromatic rings. The molecule has 1 aromatic carbocycles. The lowest BCUT2D eigenvalue weighted by Crippen LogP contribution is -2.03. The van der Waals surface area contributed by atoms with Gasteiger partial charge in [0.05, 0.1) is 6.10 Å². The Morgan fingerprint density at radius 2 is 2.31 bits per heavy atom. The molecule has 0 amide bonds. The molecule has 4 heteroatoms. The fourth-order valence-electron chi connectivity index (χ4n) is 1.20. The molecule has 0 bridgehead atoms. The maximum absolute atomic E-state index is 13.0. The average Bonchev–Trinajstić information content (AvgIpc) is 2.25. The molecule has 88 valence electrons. The third-order valence-corrected chi connectivity index (χ3v) is 2.44. The summed E-state index contributed by atoms with van der Waals surface area (Å²) in [7, 11) is 0. The van der Waals surface area contributed by atoms with Gasteiger partial charge in [-0.3, -0.25) is 0 Å². The second kappa shape index (κ2) is 5.87. The summed E-state index contributed by atoms with van der Waals surface area (Å²) in [4.78, 5) is 0. The number of halogens is 2. The van der Waals surface area contributed by atoms with E-state index in [9.17, 15) is 9.50 Å². The summed E-state index contributed by atoms with van der Waals surface area (Å²) in [6, 6.07) is 4.05. The molecular formula is C12H14ClFO2. The first kappa shape index (κ1) is 13.0. The van der Waals surface area contributed by atoms with E-state index in [1.165, 1.54) is 23.7 Å². The predicted octanol–water partition coefficient (Wildman–Crippen LogP) is 3.40. The van der Waals surface area contributed by atoms with Crippen molar-refractivity contribution in [2.24, 2.45) is 0 Å². The molecule has 0 saturated carbocycles. The molecule has 1 unspecified atom stereocenters.